The van der Waals surface area contributed by atoms with E-state index >= 15 is 0 Å². The van der Waals surface area contributed by atoms with E-state index in [1.54, 1.807) is 11.3 Å². The smallest absolute Gasteiger partial charge is 0.240 e. The Morgan fingerprint density at radius 2 is 0.807 bits per heavy atom. The first kappa shape index (κ1) is 31.9. The average Bonchev–Trinajstić information content (AvgIpc) is 3.94. The molecule has 0 N–H and O–H groups in total. The number of thiophene rings is 1. The molecule has 0 fully saturated rings. The molecular weight excluding hydrogens is 715 g/mol. The number of aromatic nitrogens is 5. The maximum atomic E-state index is 5.48. The molecule has 4 aromatic heterocycles. The Balaban J connectivity index is 1.20. The topological polar surface area (TPSA) is 48.5 Å². The molecule has 0 amide bonds. The second-order valence-corrected chi connectivity index (χ2v) is 15.5. The number of rotatable bonds is 5. The van der Waals surface area contributed by atoms with Gasteiger partial charge in [-0.25, -0.2) is 0 Å². The second kappa shape index (κ2) is 12.6. The van der Waals surface area contributed by atoms with Crippen molar-refractivity contribution in [2.45, 2.75) is 0 Å². The van der Waals surface area contributed by atoms with Crippen molar-refractivity contribution in [3.8, 4) is 45.5 Å². The Morgan fingerprint density at radius 1 is 0.333 bits per heavy atom. The highest BCUT2D eigenvalue weighted by molar-refractivity contribution is 7.26. The molecule has 12 aromatic rings. The fraction of sp³-hybridized carbons (Fsp3) is 0. The van der Waals surface area contributed by atoms with E-state index in [9.17, 15) is 0 Å². The fourth-order valence-corrected chi connectivity index (χ4v) is 9.80. The molecule has 0 spiro atoms. The van der Waals surface area contributed by atoms with Crippen molar-refractivity contribution in [3.05, 3.63) is 188 Å². The number of nitrogens with zero attached hydrogens (tertiary/aromatic N) is 5. The molecular formula is C51H31N5S. The zero-order chi connectivity index (χ0) is 37.5. The van der Waals surface area contributed by atoms with Gasteiger partial charge in [-0.1, -0.05) is 152 Å². The van der Waals surface area contributed by atoms with Gasteiger partial charge in [0, 0.05) is 47.3 Å². The predicted molar refractivity (Wildman–Crippen MR) is 238 cm³/mol. The van der Waals surface area contributed by atoms with Crippen LogP contribution in [0.5, 0.6) is 0 Å². The number of para-hydroxylation sites is 2. The van der Waals surface area contributed by atoms with Gasteiger partial charge in [-0.15, -0.1) is 11.3 Å². The zero-order valence-electron chi connectivity index (χ0n) is 30.5. The molecule has 0 bridgehead atoms. The van der Waals surface area contributed by atoms with Gasteiger partial charge in [0.25, 0.3) is 0 Å². The lowest BCUT2D eigenvalue weighted by molar-refractivity contribution is 0.893. The van der Waals surface area contributed by atoms with Crippen molar-refractivity contribution in [2.24, 2.45) is 0 Å². The lowest BCUT2D eigenvalue weighted by atomic mass is 10.0. The van der Waals surface area contributed by atoms with E-state index in [0.29, 0.717) is 17.7 Å². The minimum atomic E-state index is 0.565. The van der Waals surface area contributed by atoms with Crippen LogP contribution in [0.25, 0.3) is 109 Å². The van der Waals surface area contributed by atoms with Gasteiger partial charge in [-0.2, -0.15) is 15.0 Å². The highest BCUT2D eigenvalue weighted by atomic mass is 32.1. The average molecular weight is 746 g/mol. The molecule has 0 saturated heterocycles. The summed E-state index contributed by atoms with van der Waals surface area (Å²) >= 11 is 1.79. The minimum Gasteiger partial charge on any atom is -0.278 e. The lowest BCUT2D eigenvalue weighted by Crippen LogP contribution is -2.10. The summed E-state index contributed by atoms with van der Waals surface area (Å²) in [6.45, 7) is 0. The quantitative estimate of drug-likeness (QED) is 0.176. The Morgan fingerprint density at radius 3 is 1.39 bits per heavy atom. The van der Waals surface area contributed by atoms with E-state index in [-0.39, 0.29) is 0 Å². The third-order valence-electron chi connectivity index (χ3n) is 11.2. The minimum absolute atomic E-state index is 0.565. The van der Waals surface area contributed by atoms with Crippen LogP contribution in [-0.4, -0.2) is 24.1 Å². The van der Waals surface area contributed by atoms with E-state index in [1.807, 2.05) is 0 Å². The largest absolute Gasteiger partial charge is 0.278 e. The Bertz CT molecular complexity index is 3350. The molecule has 0 aliphatic rings. The van der Waals surface area contributed by atoms with Crippen LogP contribution in [0.3, 0.4) is 0 Å². The standard InChI is InChI=1S/C51H31N5S/c1-3-14-32(15-4-1)34-26-28-38-36-18-7-10-23-43(36)55(45(38)30-34)50-52-49(42-22-13-21-41-40-20-9-12-25-47(40)57-48(41)42)53-51(54-50)56-44-24-11-8-19-37(44)39-29-27-35(31-46(39)56)33-16-5-2-6-17-33/h1-31H. The highest BCUT2D eigenvalue weighted by Crippen LogP contribution is 2.41. The van der Waals surface area contributed by atoms with Crippen LogP contribution in [0.1, 0.15) is 0 Å². The van der Waals surface area contributed by atoms with Gasteiger partial charge < -0.3 is 0 Å². The molecule has 12 rings (SSSR count). The van der Waals surface area contributed by atoms with Crippen molar-refractivity contribution in [1.82, 2.24) is 24.1 Å². The Labute approximate surface area is 331 Å². The summed E-state index contributed by atoms with van der Waals surface area (Å²) in [6, 6.07) is 66.7. The summed E-state index contributed by atoms with van der Waals surface area (Å²) in [5.74, 6) is 1.76. The summed E-state index contributed by atoms with van der Waals surface area (Å²) in [5, 5.41) is 7.01. The molecule has 5 nitrogen and oxygen atoms in total. The summed E-state index contributed by atoms with van der Waals surface area (Å²) in [6.07, 6.45) is 0. The first-order valence-corrected chi connectivity index (χ1v) is 19.9. The first-order valence-electron chi connectivity index (χ1n) is 19.1. The van der Waals surface area contributed by atoms with Crippen LogP contribution in [0.4, 0.5) is 0 Å². The van der Waals surface area contributed by atoms with E-state index in [0.717, 1.165) is 76.1 Å². The van der Waals surface area contributed by atoms with Gasteiger partial charge >= 0.3 is 0 Å². The molecule has 0 unspecified atom stereocenters. The van der Waals surface area contributed by atoms with Crippen LogP contribution >= 0.6 is 11.3 Å². The van der Waals surface area contributed by atoms with Gasteiger partial charge in [-0.05, 0) is 58.7 Å². The van der Waals surface area contributed by atoms with E-state index < -0.39 is 0 Å². The molecule has 0 aliphatic heterocycles. The van der Waals surface area contributed by atoms with E-state index in [1.165, 1.54) is 15.5 Å². The lowest BCUT2D eigenvalue weighted by Gasteiger charge is -2.13. The fourth-order valence-electron chi connectivity index (χ4n) is 8.59. The summed E-state index contributed by atoms with van der Waals surface area (Å²) in [5.41, 5.74) is 9.70. The normalized spacial score (nSPS) is 11.9. The van der Waals surface area contributed by atoms with E-state index in [2.05, 4.69) is 197 Å². The van der Waals surface area contributed by atoms with Gasteiger partial charge in [0.1, 0.15) is 0 Å². The summed E-state index contributed by atoms with van der Waals surface area (Å²) in [7, 11) is 0. The first-order chi connectivity index (χ1) is 28.3. The van der Waals surface area contributed by atoms with Crippen LogP contribution in [-0.2, 0) is 0 Å². The van der Waals surface area contributed by atoms with Gasteiger partial charge in [0.2, 0.25) is 11.9 Å². The van der Waals surface area contributed by atoms with Crippen LogP contribution in [0.15, 0.2) is 188 Å². The second-order valence-electron chi connectivity index (χ2n) is 14.4. The third-order valence-corrected chi connectivity index (χ3v) is 12.4. The predicted octanol–water partition coefficient (Wildman–Crippen LogP) is 13.4. The summed E-state index contributed by atoms with van der Waals surface area (Å²) in [4.78, 5) is 16.4. The third kappa shape index (κ3) is 4.98. The molecule has 6 heteroatoms. The maximum absolute atomic E-state index is 5.48. The molecule has 266 valence electrons. The zero-order valence-corrected chi connectivity index (χ0v) is 31.4. The van der Waals surface area contributed by atoms with Gasteiger partial charge in [0.15, 0.2) is 5.82 Å². The van der Waals surface area contributed by atoms with Gasteiger partial charge in [0.05, 0.1) is 22.1 Å². The molecule has 0 aliphatic carbocycles. The molecule has 0 saturated carbocycles. The van der Waals surface area contributed by atoms with Crippen LogP contribution < -0.4 is 0 Å². The maximum Gasteiger partial charge on any atom is 0.240 e. The number of hydrogen-bond donors (Lipinski definition) is 0. The van der Waals surface area contributed by atoms with Crippen molar-refractivity contribution in [1.29, 1.82) is 0 Å². The molecule has 57 heavy (non-hydrogen) atoms. The van der Waals surface area contributed by atoms with Crippen molar-refractivity contribution >= 4 is 75.1 Å². The monoisotopic (exact) mass is 745 g/mol. The van der Waals surface area contributed by atoms with Crippen molar-refractivity contribution in [3.63, 3.8) is 0 Å². The SMILES string of the molecule is c1ccc(-c2ccc3c4ccccc4n(-c4nc(-c5cccc6c5sc5ccccc56)nc(-n5c6ccccc6c6ccc(-c7ccccc7)cc65)n4)c3c2)cc1. The summed E-state index contributed by atoms with van der Waals surface area (Å²) < 4.78 is 6.84. The molecule has 0 atom stereocenters. The van der Waals surface area contributed by atoms with Crippen LogP contribution in [0.2, 0.25) is 0 Å². The molecule has 0 radical (unpaired) electrons. The Hall–Kier alpha value is -7.41. The number of benzene rings is 8. The van der Waals surface area contributed by atoms with Crippen LogP contribution in [0, 0.1) is 0 Å². The number of fused-ring (bicyclic) bond motifs is 9. The molecule has 8 aromatic carbocycles. The van der Waals surface area contributed by atoms with Crippen molar-refractivity contribution < 1.29 is 0 Å². The Kier molecular flexibility index (Phi) is 7.03. The highest BCUT2D eigenvalue weighted by Gasteiger charge is 2.22. The van der Waals surface area contributed by atoms with Gasteiger partial charge in [-0.3, -0.25) is 9.13 Å². The number of hydrogen-bond acceptors (Lipinski definition) is 4. The van der Waals surface area contributed by atoms with Crippen molar-refractivity contribution in [2.75, 3.05) is 0 Å². The molecule has 4 heterocycles. The van der Waals surface area contributed by atoms with E-state index in [4.69, 9.17) is 15.0 Å².